The molecule has 0 N–H and O–H groups in total. The van der Waals surface area contributed by atoms with Crippen molar-refractivity contribution < 1.29 is 0 Å². The Morgan fingerprint density at radius 3 is 1.33 bits per heavy atom. The molecule has 0 amide bonds. The fourth-order valence-corrected chi connectivity index (χ4v) is 8.46. The fourth-order valence-electron chi connectivity index (χ4n) is 8.46. The van der Waals surface area contributed by atoms with Gasteiger partial charge in [0.2, 0.25) is 0 Å². The van der Waals surface area contributed by atoms with Crippen LogP contribution in [0.3, 0.4) is 0 Å². The summed E-state index contributed by atoms with van der Waals surface area (Å²) >= 11 is 0. The molecule has 0 saturated heterocycles. The van der Waals surface area contributed by atoms with Crippen LogP contribution in [0.25, 0.3) is 65.7 Å². The maximum absolute atomic E-state index is 2.56. The highest BCUT2D eigenvalue weighted by atomic mass is 14.5. The van der Waals surface area contributed by atoms with Crippen LogP contribution in [0.1, 0.15) is 22.3 Å². The molecule has 0 unspecified atom stereocenters. The van der Waals surface area contributed by atoms with Crippen LogP contribution in [0, 0.1) is 0 Å². The van der Waals surface area contributed by atoms with Gasteiger partial charge in [-0.3, -0.25) is 0 Å². The number of hydrogen-bond acceptors (Lipinski definition) is 0. The Morgan fingerprint density at radius 2 is 0.721 bits per heavy atom. The first-order valence-corrected chi connectivity index (χ1v) is 15.1. The van der Waals surface area contributed by atoms with E-state index in [1.54, 1.807) is 0 Å². The van der Waals surface area contributed by atoms with Gasteiger partial charge < -0.3 is 0 Å². The molecule has 198 valence electrons. The maximum atomic E-state index is 2.56. The summed E-state index contributed by atoms with van der Waals surface area (Å²) in [6.45, 7) is 0. The Kier molecular flexibility index (Phi) is 4.47. The van der Waals surface area contributed by atoms with Crippen molar-refractivity contribution in [3.63, 3.8) is 0 Å². The predicted molar refractivity (Wildman–Crippen MR) is 181 cm³/mol. The normalized spacial score (nSPS) is 13.8. The lowest BCUT2D eigenvalue weighted by molar-refractivity contribution is 0.795. The number of benzene rings is 8. The second kappa shape index (κ2) is 8.31. The van der Waals surface area contributed by atoms with Gasteiger partial charge in [0.25, 0.3) is 0 Å². The van der Waals surface area contributed by atoms with Gasteiger partial charge in [-0.15, -0.1) is 0 Å². The van der Waals surface area contributed by atoms with Gasteiger partial charge in [0.1, 0.15) is 0 Å². The van der Waals surface area contributed by atoms with Crippen LogP contribution in [0.4, 0.5) is 0 Å². The average molecular weight is 543 g/mol. The zero-order chi connectivity index (χ0) is 28.1. The van der Waals surface area contributed by atoms with Crippen molar-refractivity contribution in [1.82, 2.24) is 0 Å². The van der Waals surface area contributed by atoms with Crippen LogP contribution in [0.2, 0.25) is 0 Å². The SMILES string of the molecule is c1ccc2c(c1)-c1ccccc1C21c2ccccc2-c2c1cc(-c1c3ccccc3cc3ccccc13)c1ccccc21. The van der Waals surface area contributed by atoms with E-state index in [1.807, 2.05) is 0 Å². The topological polar surface area (TPSA) is 0 Å². The molecule has 0 heterocycles. The van der Waals surface area contributed by atoms with Crippen molar-refractivity contribution in [2.24, 2.45) is 0 Å². The van der Waals surface area contributed by atoms with E-state index < -0.39 is 0 Å². The van der Waals surface area contributed by atoms with Crippen molar-refractivity contribution in [2.45, 2.75) is 5.41 Å². The summed E-state index contributed by atoms with van der Waals surface area (Å²) in [7, 11) is 0. The van der Waals surface area contributed by atoms with Crippen molar-refractivity contribution in [3.05, 3.63) is 180 Å². The molecule has 0 nitrogen and oxygen atoms in total. The van der Waals surface area contributed by atoms with E-state index in [2.05, 4.69) is 158 Å². The van der Waals surface area contributed by atoms with E-state index in [4.69, 9.17) is 0 Å². The van der Waals surface area contributed by atoms with E-state index in [0.29, 0.717) is 0 Å². The lowest BCUT2D eigenvalue weighted by atomic mass is 9.70. The Hall–Kier alpha value is -5.46. The summed E-state index contributed by atoms with van der Waals surface area (Å²) in [5, 5.41) is 7.75. The first-order valence-electron chi connectivity index (χ1n) is 15.1. The molecule has 0 aliphatic heterocycles. The first kappa shape index (κ1) is 23.1. The van der Waals surface area contributed by atoms with Gasteiger partial charge in [0.05, 0.1) is 5.41 Å². The molecule has 0 saturated carbocycles. The second-order valence-electron chi connectivity index (χ2n) is 12.0. The van der Waals surface area contributed by atoms with E-state index >= 15 is 0 Å². The molecule has 2 aliphatic rings. The third-order valence-corrected chi connectivity index (χ3v) is 10.0. The zero-order valence-corrected chi connectivity index (χ0v) is 23.5. The van der Waals surface area contributed by atoms with Gasteiger partial charge in [-0.25, -0.2) is 0 Å². The molecular weight excluding hydrogens is 516 g/mol. The van der Waals surface area contributed by atoms with Crippen LogP contribution in [-0.4, -0.2) is 0 Å². The van der Waals surface area contributed by atoms with E-state index in [9.17, 15) is 0 Å². The van der Waals surface area contributed by atoms with Crippen LogP contribution in [-0.2, 0) is 5.41 Å². The summed E-state index contributed by atoms with van der Waals surface area (Å²) in [6.07, 6.45) is 0. The predicted octanol–water partition coefficient (Wildman–Crippen LogP) is 11.2. The third kappa shape index (κ3) is 2.81. The van der Waals surface area contributed by atoms with Gasteiger partial charge in [-0.2, -0.15) is 0 Å². The van der Waals surface area contributed by atoms with Gasteiger partial charge in [-0.05, 0) is 100 Å². The molecule has 8 aromatic rings. The molecule has 0 aromatic heterocycles. The van der Waals surface area contributed by atoms with Crippen molar-refractivity contribution in [2.75, 3.05) is 0 Å². The molecule has 0 atom stereocenters. The summed E-state index contributed by atoms with van der Waals surface area (Å²) in [5.74, 6) is 0. The highest BCUT2D eigenvalue weighted by Crippen LogP contribution is 2.64. The van der Waals surface area contributed by atoms with E-state index in [-0.39, 0.29) is 5.41 Å². The molecule has 1 spiro atoms. The van der Waals surface area contributed by atoms with Gasteiger partial charge in [0, 0.05) is 0 Å². The zero-order valence-electron chi connectivity index (χ0n) is 23.5. The third-order valence-electron chi connectivity index (χ3n) is 10.0. The van der Waals surface area contributed by atoms with Crippen LogP contribution >= 0.6 is 0 Å². The molecule has 10 rings (SSSR count). The number of rotatable bonds is 1. The average Bonchev–Trinajstić information content (AvgIpc) is 3.54. The monoisotopic (exact) mass is 542 g/mol. The molecule has 8 aromatic carbocycles. The molecule has 2 aliphatic carbocycles. The lowest BCUT2D eigenvalue weighted by Gasteiger charge is -2.31. The molecule has 0 heteroatoms. The van der Waals surface area contributed by atoms with Gasteiger partial charge in [-0.1, -0.05) is 146 Å². The Bertz CT molecular complexity index is 2360. The molecule has 0 fully saturated rings. The van der Waals surface area contributed by atoms with Crippen molar-refractivity contribution in [1.29, 1.82) is 0 Å². The highest BCUT2D eigenvalue weighted by Gasteiger charge is 2.52. The summed E-state index contributed by atoms with van der Waals surface area (Å²) in [6, 6.07) is 59.0. The Labute approximate surface area is 250 Å². The number of fused-ring (bicyclic) bond motifs is 14. The largest absolute Gasteiger partial charge is 0.0725 e. The number of hydrogen-bond donors (Lipinski definition) is 0. The van der Waals surface area contributed by atoms with E-state index in [1.165, 1.54) is 88.0 Å². The smallest absolute Gasteiger partial charge is 0.0619 e. The minimum atomic E-state index is -0.377. The Balaban J connectivity index is 1.45. The molecular formula is C43H26. The molecule has 43 heavy (non-hydrogen) atoms. The van der Waals surface area contributed by atoms with Crippen molar-refractivity contribution >= 4 is 32.3 Å². The first-order chi connectivity index (χ1) is 21.4. The minimum absolute atomic E-state index is 0.377. The van der Waals surface area contributed by atoms with Gasteiger partial charge in [0.15, 0.2) is 0 Å². The standard InChI is InChI=1S/C43H26/c1-3-15-29-27(13-1)25-28-14-2-4-16-30(28)41(29)36-26-40-42(34-20-6-5-17-31(34)36)35-21-9-12-24-39(35)43(40)37-22-10-7-18-32(37)33-19-8-11-23-38(33)43/h1-26H. The Morgan fingerprint density at radius 1 is 0.279 bits per heavy atom. The fraction of sp³-hybridized carbons (Fsp3) is 0.0233. The van der Waals surface area contributed by atoms with Crippen LogP contribution in [0.15, 0.2) is 158 Å². The quantitative estimate of drug-likeness (QED) is 0.181. The van der Waals surface area contributed by atoms with Gasteiger partial charge >= 0.3 is 0 Å². The van der Waals surface area contributed by atoms with Crippen molar-refractivity contribution in [3.8, 4) is 33.4 Å². The maximum Gasteiger partial charge on any atom is 0.0725 e. The highest BCUT2D eigenvalue weighted by molar-refractivity contribution is 6.19. The summed E-state index contributed by atoms with van der Waals surface area (Å²) in [4.78, 5) is 0. The second-order valence-corrected chi connectivity index (χ2v) is 12.0. The van der Waals surface area contributed by atoms with Crippen LogP contribution < -0.4 is 0 Å². The molecule has 0 bridgehead atoms. The summed E-state index contributed by atoms with van der Waals surface area (Å²) in [5.41, 5.74) is 13.2. The van der Waals surface area contributed by atoms with Crippen LogP contribution in [0.5, 0.6) is 0 Å². The van der Waals surface area contributed by atoms with E-state index in [0.717, 1.165) is 0 Å². The lowest BCUT2D eigenvalue weighted by Crippen LogP contribution is -2.25. The molecule has 0 radical (unpaired) electrons. The minimum Gasteiger partial charge on any atom is -0.0619 e. The summed E-state index contributed by atoms with van der Waals surface area (Å²) < 4.78 is 0.